The van der Waals surface area contributed by atoms with Crippen molar-refractivity contribution in [3.05, 3.63) is 34.9 Å². The van der Waals surface area contributed by atoms with E-state index in [9.17, 15) is 9.59 Å². The molecule has 2 aliphatic carbocycles. The van der Waals surface area contributed by atoms with E-state index >= 15 is 0 Å². The molecule has 1 aliphatic heterocycles. The molecule has 5 nitrogen and oxygen atoms in total. The Bertz CT molecular complexity index is 780. The summed E-state index contributed by atoms with van der Waals surface area (Å²) in [7, 11) is 1.76. The summed E-state index contributed by atoms with van der Waals surface area (Å²) in [5.74, 6) is -0.0645. The lowest BCUT2D eigenvalue weighted by Crippen LogP contribution is -2.57. The fourth-order valence-corrected chi connectivity index (χ4v) is 5.62. The zero-order valence-electron chi connectivity index (χ0n) is 16.8. The normalized spacial score (nSPS) is 32.6. The average Bonchev–Trinajstić information content (AvgIpc) is 3.08. The van der Waals surface area contributed by atoms with Crippen LogP contribution in [0, 0.1) is 5.41 Å². The van der Waals surface area contributed by atoms with Gasteiger partial charge in [-0.25, -0.2) is 4.79 Å². The van der Waals surface area contributed by atoms with Gasteiger partial charge >= 0.3 is 6.03 Å². The number of ether oxygens (including phenoxy) is 1. The Kier molecular flexibility index (Phi) is 4.34. The predicted molar refractivity (Wildman–Crippen MR) is 103 cm³/mol. The van der Waals surface area contributed by atoms with Gasteiger partial charge in [0, 0.05) is 18.6 Å². The van der Waals surface area contributed by atoms with E-state index in [-0.39, 0.29) is 29.5 Å². The maximum Gasteiger partial charge on any atom is 0.325 e. The molecule has 1 aromatic carbocycles. The molecule has 146 valence electrons. The van der Waals surface area contributed by atoms with Crippen molar-refractivity contribution < 1.29 is 14.3 Å². The molecule has 1 unspecified atom stereocenters. The summed E-state index contributed by atoms with van der Waals surface area (Å²) in [6, 6.07) is 6.09. The van der Waals surface area contributed by atoms with Crippen LogP contribution in [0.4, 0.5) is 4.79 Å². The predicted octanol–water partition coefficient (Wildman–Crippen LogP) is 3.54. The highest BCUT2D eigenvalue weighted by Gasteiger charge is 2.68. The van der Waals surface area contributed by atoms with Crippen LogP contribution in [0.15, 0.2) is 18.2 Å². The van der Waals surface area contributed by atoms with Gasteiger partial charge in [-0.05, 0) is 69.1 Å². The molecule has 2 fully saturated rings. The molecule has 27 heavy (non-hydrogen) atoms. The maximum atomic E-state index is 13.8. The summed E-state index contributed by atoms with van der Waals surface area (Å²) in [5.41, 5.74) is 2.27. The number of nitrogens with zero attached hydrogens (tertiary/aromatic N) is 1. The van der Waals surface area contributed by atoms with Gasteiger partial charge in [-0.3, -0.25) is 9.69 Å². The first-order chi connectivity index (χ1) is 12.9. The maximum absolute atomic E-state index is 13.8. The van der Waals surface area contributed by atoms with E-state index in [1.165, 1.54) is 16.0 Å². The third kappa shape index (κ3) is 2.40. The standard InChI is InChI=1S/C22H30N2O3/c1-5-15-6-7-16-13-21(10-8-17(27-4)9-11-21)22(18(16)12-15)19(25)24(14(2)3)20(26)23-22/h6-7,12,14,17H,5,8-11,13H2,1-4H3,(H,23,26). The minimum atomic E-state index is -0.923. The molecule has 3 amide bonds. The summed E-state index contributed by atoms with van der Waals surface area (Å²) in [6.07, 6.45) is 5.64. The third-order valence-electron chi connectivity index (χ3n) is 7.10. The van der Waals surface area contributed by atoms with Crippen LogP contribution in [0.3, 0.4) is 0 Å². The van der Waals surface area contributed by atoms with Crippen LogP contribution in [0.5, 0.6) is 0 Å². The van der Waals surface area contributed by atoms with Gasteiger partial charge in [-0.2, -0.15) is 0 Å². The van der Waals surface area contributed by atoms with Gasteiger partial charge in [0.05, 0.1) is 6.10 Å². The fourth-order valence-electron chi connectivity index (χ4n) is 5.62. The number of fused-ring (bicyclic) bond motifs is 3. The van der Waals surface area contributed by atoms with Crippen LogP contribution >= 0.6 is 0 Å². The number of methoxy groups -OCH3 is 1. The molecule has 1 saturated heterocycles. The first-order valence-corrected chi connectivity index (χ1v) is 10.2. The first-order valence-electron chi connectivity index (χ1n) is 10.2. The van der Waals surface area contributed by atoms with Crippen LogP contribution in [-0.4, -0.2) is 36.1 Å². The van der Waals surface area contributed by atoms with Crippen LogP contribution in [0.25, 0.3) is 0 Å². The average molecular weight is 370 g/mol. The van der Waals surface area contributed by atoms with Gasteiger partial charge in [0.15, 0.2) is 5.54 Å². The fraction of sp³-hybridized carbons (Fsp3) is 0.636. The highest BCUT2D eigenvalue weighted by molar-refractivity contribution is 6.09. The lowest BCUT2D eigenvalue weighted by molar-refractivity contribution is -0.139. The Balaban J connectivity index is 1.87. The lowest BCUT2D eigenvalue weighted by atomic mass is 9.61. The van der Waals surface area contributed by atoms with Crippen LogP contribution in [0.2, 0.25) is 0 Å². The number of urea groups is 1. The topological polar surface area (TPSA) is 58.6 Å². The number of rotatable bonds is 3. The van der Waals surface area contributed by atoms with Gasteiger partial charge in [0.1, 0.15) is 0 Å². The van der Waals surface area contributed by atoms with Crippen LogP contribution < -0.4 is 5.32 Å². The molecule has 2 spiro atoms. The second kappa shape index (κ2) is 6.33. The number of aryl methyl sites for hydroxylation is 1. The van der Waals surface area contributed by atoms with E-state index in [1.54, 1.807) is 7.11 Å². The molecule has 1 saturated carbocycles. The van der Waals surface area contributed by atoms with Gasteiger partial charge in [-0.15, -0.1) is 0 Å². The zero-order chi connectivity index (χ0) is 19.4. The number of imide groups is 1. The summed E-state index contributed by atoms with van der Waals surface area (Å²) in [6.45, 7) is 5.94. The van der Waals surface area contributed by atoms with E-state index in [1.807, 2.05) is 13.8 Å². The Morgan fingerprint density at radius 3 is 2.52 bits per heavy atom. The van der Waals surface area contributed by atoms with Gasteiger partial charge < -0.3 is 10.1 Å². The number of carbonyl (C=O) groups excluding carboxylic acids is 2. The van der Waals surface area contributed by atoms with Crippen LogP contribution in [-0.2, 0) is 27.9 Å². The van der Waals surface area contributed by atoms with Gasteiger partial charge in [0.25, 0.3) is 5.91 Å². The lowest BCUT2D eigenvalue weighted by Gasteiger charge is -2.46. The number of nitrogens with one attached hydrogen (secondary N) is 1. The number of carbonyl (C=O) groups is 2. The molecule has 0 radical (unpaired) electrons. The van der Waals surface area contributed by atoms with Gasteiger partial charge in [0.2, 0.25) is 0 Å². The minimum Gasteiger partial charge on any atom is -0.381 e. The number of amides is 3. The quantitative estimate of drug-likeness (QED) is 0.828. The Labute approximate surface area is 161 Å². The zero-order valence-corrected chi connectivity index (χ0v) is 16.8. The van der Waals surface area contributed by atoms with Crippen LogP contribution in [0.1, 0.15) is 63.1 Å². The highest BCUT2D eigenvalue weighted by atomic mass is 16.5. The molecule has 1 heterocycles. The van der Waals surface area contributed by atoms with Crippen molar-refractivity contribution in [2.45, 2.75) is 77.0 Å². The van der Waals surface area contributed by atoms with E-state index in [2.05, 4.69) is 30.4 Å². The van der Waals surface area contributed by atoms with Crippen molar-refractivity contribution in [3.8, 4) is 0 Å². The monoisotopic (exact) mass is 370 g/mol. The molecule has 3 aliphatic rings. The third-order valence-corrected chi connectivity index (χ3v) is 7.10. The summed E-state index contributed by atoms with van der Waals surface area (Å²) in [4.78, 5) is 28.1. The van der Waals surface area contributed by atoms with Crippen molar-refractivity contribution in [1.82, 2.24) is 10.2 Å². The van der Waals surface area contributed by atoms with Gasteiger partial charge in [-0.1, -0.05) is 25.1 Å². The Morgan fingerprint density at radius 1 is 1.26 bits per heavy atom. The number of hydrogen-bond donors (Lipinski definition) is 1. The van der Waals surface area contributed by atoms with Crippen molar-refractivity contribution in [3.63, 3.8) is 0 Å². The number of benzene rings is 1. The molecular formula is C22H30N2O3. The smallest absolute Gasteiger partial charge is 0.325 e. The van der Waals surface area contributed by atoms with Crippen molar-refractivity contribution >= 4 is 11.9 Å². The van der Waals surface area contributed by atoms with E-state index < -0.39 is 5.54 Å². The summed E-state index contributed by atoms with van der Waals surface area (Å²) in [5, 5.41) is 3.21. The van der Waals surface area contributed by atoms with Crippen molar-refractivity contribution in [2.24, 2.45) is 5.41 Å². The summed E-state index contributed by atoms with van der Waals surface area (Å²) >= 11 is 0. The molecular weight excluding hydrogens is 340 g/mol. The van der Waals surface area contributed by atoms with E-state index in [0.717, 1.165) is 44.1 Å². The molecule has 1 atom stereocenters. The summed E-state index contributed by atoms with van der Waals surface area (Å²) < 4.78 is 5.58. The second-order valence-corrected chi connectivity index (χ2v) is 8.69. The van der Waals surface area contributed by atoms with Crippen molar-refractivity contribution in [1.29, 1.82) is 0 Å². The minimum absolute atomic E-state index is 0.0645. The Hall–Kier alpha value is -1.88. The molecule has 0 bridgehead atoms. The SMILES string of the molecule is CCc1ccc2c(c1)C1(NC(=O)N(C(C)C)C1=O)C1(CCC(OC)CC1)C2. The molecule has 5 heteroatoms. The van der Waals surface area contributed by atoms with E-state index in [0.29, 0.717) is 0 Å². The molecule has 1 aromatic rings. The van der Waals surface area contributed by atoms with Crippen molar-refractivity contribution in [2.75, 3.05) is 7.11 Å². The first kappa shape index (κ1) is 18.5. The number of hydrogen-bond acceptors (Lipinski definition) is 3. The second-order valence-electron chi connectivity index (χ2n) is 8.69. The molecule has 1 N–H and O–H groups in total. The molecule has 4 rings (SSSR count). The largest absolute Gasteiger partial charge is 0.381 e. The van der Waals surface area contributed by atoms with E-state index in [4.69, 9.17) is 4.74 Å². The highest BCUT2D eigenvalue weighted by Crippen LogP contribution is 2.60. The molecule has 0 aromatic heterocycles. The Morgan fingerprint density at radius 2 is 1.96 bits per heavy atom.